The van der Waals surface area contributed by atoms with E-state index in [1.54, 1.807) is 0 Å². The van der Waals surface area contributed by atoms with Crippen molar-refractivity contribution in [2.45, 2.75) is 46.0 Å². The quantitative estimate of drug-likeness (QED) is 0.497. The van der Waals surface area contributed by atoms with Crippen LogP contribution in [0.2, 0.25) is 0 Å². The molecular weight excluding hydrogens is 275 g/mol. The number of unbranched alkanes of at least 4 members (excludes halogenated alkanes) is 2. The van der Waals surface area contributed by atoms with Crippen LogP contribution in [0.25, 0.3) is 0 Å². The molecule has 0 aliphatic heterocycles. The number of aldehydes is 2. The lowest BCUT2D eigenvalue weighted by molar-refractivity contribution is -0.108. The van der Waals surface area contributed by atoms with Crippen molar-refractivity contribution in [3.63, 3.8) is 0 Å². The predicted octanol–water partition coefficient (Wildman–Crippen LogP) is 3.15. The van der Waals surface area contributed by atoms with Crippen LogP contribution in [0.1, 0.15) is 43.7 Å². The van der Waals surface area contributed by atoms with Crippen molar-refractivity contribution in [2.24, 2.45) is 0 Å². The van der Waals surface area contributed by atoms with Crippen LogP contribution in [-0.2, 0) is 20.6 Å². The first-order valence-corrected chi connectivity index (χ1v) is 7.66. The van der Waals surface area contributed by atoms with Crippen molar-refractivity contribution in [3.8, 4) is 0 Å². The highest BCUT2D eigenvalue weighted by atomic mass is 31.1. The third kappa shape index (κ3) is 14.8. The minimum Gasteiger partial charge on any atom is -0.348 e. The molecule has 0 saturated carbocycles. The Morgan fingerprint density at radius 2 is 1.70 bits per heavy atom. The lowest BCUT2D eigenvalue weighted by atomic mass is 10.0. The Hall–Kier alpha value is -1.25. The number of carbonyl (C=O) groups is 2. The van der Waals surface area contributed by atoms with Gasteiger partial charge in [-0.3, -0.25) is 4.57 Å². The molecule has 0 saturated heterocycles. The monoisotopic (exact) mass is 300 g/mol. The Balaban J connectivity index is 0. The largest absolute Gasteiger partial charge is 0.348 e. The smallest absolute Gasteiger partial charge is 0.177 e. The SMILES string of the molecule is CCCC=O.Cc1ccccc1CCCC=O.O=[PH2]O. The minimum absolute atomic E-state index is 0.675. The number of rotatable bonds is 6. The van der Waals surface area contributed by atoms with Crippen LogP contribution in [0.3, 0.4) is 0 Å². The molecule has 0 spiro atoms. The first kappa shape index (κ1) is 21.1. The van der Waals surface area contributed by atoms with E-state index in [9.17, 15) is 9.59 Å². The maximum absolute atomic E-state index is 10.1. The van der Waals surface area contributed by atoms with E-state index in [1.807, 2.05) is 19.1 Å². The van der Waals surface area contributed by atoms with Gasteiger partial charge in [0.25, 0.3) is 0 Å². The van der Waals surface area contributed by atoms with Crippen molar-refractivity contribution in [1.82, 2.24) is 0 Å². The molecule has 1 atom stereocenters. The second kappa shape index (κ2) is 17.8. The van der Waals surface area contributed by atoms with Gasteiger partial charge in [0, 0.05) is 12.8 Å². The van der Waals surface area contributed by atoms with Crippen LogP contribution in [0.4, 0.5) is 0 Å². The second-order valence-electron chi connectivity index (χ2n) is 4.05. The first-order chi connectivity index (χ1) is 9.67. The fraction of sp³-hybridized carbons (Fsp3) is 0.467. The van der Waals surface area contributed by atoms with Gasteiger partial charge >= 0.3 is 0 Å². The average molecular weight is 300 g/mol. The lowest BCUT2D eigenvalue weighted by Gasteiger charge is -2.02. The van der Waals surface area contributed by atoms with Crippen LogP contribution in [0, 0.1) is 6.92 Å². The summed E-state index contributed by atoms with van der Waals surface area (Å²) in [6, 6.07) is 8.32. The van der Waals surface area contributed by atoms with Crippen molar-refractivity contribution in [3.05, 3.63) is 35.4 Å². The van der Waals surface area contributed by atoms with Gasteiger partial charge in [-0.1, -0.05) is 31.2 Å². The summed E-state index contributed by atoms with van der Waals surface area (Å²) in [5.74, 6) is 0. The van der Waals surface area contributed by atoms with Gasteiger partial charge in [0.05, 0.1) is 0 Å². The third-order valence-corrected chi connectivity index (χ3v) is 2.44. The van der Waals surface area contributed by atoms with Crippen molar-refractivity contribution in [2.75, 3.05) is 0 Å². The highest BCUT2D eigenvalue weighted by molar-refractivity contribution is 7.16. The molecule has 0 heterocycles. The van der Waals surface area contributed by atoms with Crippen molar-refractivity contribution >= 4 is 21.3 Å². The molecule has 0 aromatic heterocycles. The number of hydrogen-bond donors (Lipinski definition) is 1. The molecule has 0 fully saturated rings. The van der Waals surface area contributed by atoms with E-state index in [-0.39, 0.29) is 0 Å². The van der Waals surface area contributed by atoms with Crippen LogP contribution < -0.4 is 0 Å². The minimum atomic E-state index is -1.50. The topological polar surface area (TPSA) is 71.4 Å². The molecule has 114 valence electrons. The van der Waals surface area contributed by atoms with E-state index in [4.69, 9.17) is 9.46 Å². The van der Waals surface area contributed by atoms with Crippen LogP contribution in [0.15, 0.2) is 24.3 Å². The number of aryl methyl sites for hydroxylation is 2. The fourth-order valence-corrected chi connectivity index (χ4v) is 1.38. The molecule has 0 amide bonds. The van der Waals surface area contributed by atoms with Gasteiger partial charge in [-0.15, -0.1) is 0 Å². The number of carbonyl (C=O) groups excluding carboxylic acids is 2. The van der Waals surface area contributed by atoms with Gasteiger partial charge < -0.3 is 14.5 Å². The summed E-state index contributed by atoms with van der Waals surface area (Å²) in [6.07, 6.45) is 6.26. The summed E-state index contributed by atoms with van der Waals surface area (Å²) in [7, 11) is -1.50. The first-order valence-electron chi connectivity index (χ1n) is 6.67. The summed E-state index contributed by atoms with van der Waals surface area (Å²) in [4.78, 5) is 26.6. The van der Waals surface area contributed by atoms with Gasteiger partial charge in [-0.25, -0.2) is 0 Å². The van der Waals surface area contributed by atoms with Crippen LogP contribution in [-0.4, -0.2) is 17.5 Å². The summed E-state index contributed by atoms with van der Waals surface area (Å²) < 4.78 is 8.57. The van der Waals surface area contributed by atoms with E-state index in [0.29, 0.717) is 12.8 Å². The zero-order valence-electron chi connectivity index (χ0n) is 12.2. The second-order valence-corrected chi connectivity index (χ2v) is 4.26. The Kier molecular flexibility index (Phi) is 18.7. The van der Waals surface area contributed by atoms with Crippen molar-refractivity contribution in [1.29, 1.82) is 0 Å². The Bertz CT molecular complexity index is 367. The van der Waals surface area contributed by atoms with Gasteiger partial charge in [0.15, 0.2) is 8.69 Å². The van der Waals surface area contributed by atoms with Crippen LogP contribution in [0.5, 0.6) is 0 Å². The maximum Gasteiger partial charge on any atom is 0.177 e. The normalized spacial score (nSPS) is 9.15. The summed E-state index contributed by atoms with van der Waals surface area (Å²) in [5.41, 5.74) is 2.68. The Morgan fingerprint density at radius 3 is 2.10 bits per heavy atom. The van der Waals surface area contributed by atoms with Crippen molar-refractivity contribution < 1.29 is 19.0 Å². The predicted molar refractivity (Wildman–Crippen MR) is 83.8 cm³/mol. The zero-order chi connectivity index (χ0) is 15.6. The fourth-order valence-electron chi connectivity index (χ4n) is 1.38. The molecule has 1 N–H and O–H groups in total. The molecule has 0 bridgehead atoms. The summed E-state index contributed by atoms with van der Waals surface area (Å²) in [6.45, 7) is 4.09. The van der Waals surface area contributed by atoms with E-state index < -0.39 is 8.69 Å². The maximum atomic E-state index is 10.1. The highest BCUT2D eigenvalue weighted by Crippen LogP contribution is 2.09. The molecule has 0 radical (unpaired) electrons. The highest BCUT2D eigenvalue weighted by Gasteiger charge is 1.95. The molecular formula is C15H25O4P. The zero-order valence-corrected chi connectivity index (χ0v) is 13.4. The molecule has 20 heavy (non-hydrogen) atoms. The van der Waals surface area contributed by atoms with Gasteiger partial charge in [-0.05, 0) is 37.3 Å². The summed E-state index contributed by atoms with van der Waals surface area (Å²) >= 11 is 0. The standard InChI is InChI=1S/C11H14O.C4H8O.H3O2P/c1-10-6-2-3-7-11(10)8-4-5-9-12;1-2-3-4-5;1-3-2/h2-3,6-7,9H,4-5,8H2,1H3;4H,2-3H2,1H3;3H2,(H,1,2). The number of benzene rings is 1. The molecule has 1 unspecified atom stereocenters. The molecule has 5 heteroatoms. The molecule has 1 aromatic carbocycles. The van der Waals surface area contributed by atoms with E-state index in [1.165, 1.54) is 11.1 Å². The van der Waals surface area contributed by atoms with E-state index in [2.05, 4.69) is 19.1 Å². The number of hydrogen-bond acceptors (Lipinski definition) is 3. The summed E-state index contributed by atoms with van der Waals surface area (Å²) in [5, 5.41) is 0. The average Bonchev–Trinajstić information content (AvgIpc) is 2.44. The third-order valence-electron chi connectivity index (χ3n) is 2.44. The van der Waals surface area contributed by atoms with E-state index in [0.717, 1.165) is 31.8 Å². The van der Waals surface area contributed by atoms with Crippen LogP contribution >= 0.6 is 8.69 Å². The Labute approximate surface area is 122 Å². The van der Waals surface area contributed by atoms with Gasteiger partial charge in [0.1, 0.15) is 12.6 Å². The molecule has 4 nitrogen and oxygen atoms in total. The van der Waals surface area contributed by atoms with Gasteiger partial charge in [-0.2, -0.15) is 0 Å². The molecule has 1 rings (SSSR count). The molecule has 0 aliphatic carbocycles. The molecule has 0 aliphatic rings. The Morgan fingerprint density at radius 1 is 1.15 bits per heavy atom. The molecule has 1 aromatic rings. The van der Waals surface area contributed by atoms with E-state index >= 15 is 0 Å². The van der Waals surface area contributed by atoms with Gasteiger partial charge in [0.2, 0.25) is 0 Å². The lowest BCUT2D eigenvalue weighted by Crippen LogP contribution is -1.89.